The van der Waals surface area contributed by atoms with Crippen molar-refractivity contribution < 1.29 is 4.79 Å². The minimum absolute atomic E-state index is 0.0150. The molecule has 80 valence electrons. The van der Waals surface area contributed by atoms with Crippen molar-refractivity contribution in [2.45, 2.75) is 6.42 Å². The second-order valence-corrected chi connectivity index (χ2v) is 3.49. The van der Waals surface area contributed by atoms with Crippen LogP contribution in [-0.4, -0.2) is 55.3 Å². The molecule has 0 rings (SSSR count). The van der Waals surface area contributed by atoms with Crippen molar-refractivity contribution >= 4 is 17.5 Å². The van der Waals surface area contributed by atoms with Crippen LogP contribution in [0.15, 0.2) is 0 Å². The fourth-order valence-corrected chi connectivity index (χ4v) is 1.12. The average Bonchev–Trinajstić information content (AvgIpc) is 2.16. The number of nitrogens with zero attached hydrogens (tertiary/aromatic N) is 3. The molecule has 0 N–H and O–H groups in total. The van der Waals surface area contributed by atoms with Gasteiger partial charge in [-0.2, -0.15) is 5.26 Å². The number of hydrogen-bond donors (Lipinski definition) is 0. The molecule has 0 aliphatic heterocycles. The van der Waals surface area contributed by atoms with Gasteiger partial charge in [0.25, 0.3) is 0 Å². The smallest absolute Gasteiger partial charge is 0.237 e. The highest BCUT2D eigenvalue weighted by molar-refractivity contribution is 6.27. The summed E-state index contributed by atoms with van der Waals surface area (Å²) in [6.45, 7) is 1.88. The van der Waals surface area contributed by atoms with Crippen molar-refractivity contribution in [3.8, 4) is 6.07 Å². The van der Waals surface area contributed by atoms with Gasteiger partial charge in [0.15, 0.2) is 0 Å². The molecule has 4 nitrogen and oxygen atoms in total. The number of carbonyl (C=O) groups excluding carboxylic acids is 1. The molecule has 0 aromatic carbocycles. The van der Waals surface area contributed by atoms with E-state index >= 15 is 0 Å². The van der Waals surface area contributed by atoms with Gasteiger partial charge in [0.2, 0.25) is 5.91 Å². The van der Waals surface area contributed by atoms with Gasteiger partial charge in [-0.25, -0.2) is 0 Å². The van der Waals surface area contributed by atoms with Gasteiger partial charge in [-0.1, -0.05) is 0 Å². The minimum atomic E-state index is -0.108. The van der Waals surface area contributed by atoms with Gasteiger partial charge in [0, 0.05) is 19.6 Å². The highest BCUT2D eigenvalue weighted by Gasteiger charge is 2.11. The van der Waals surface area contributed by atoms with Crippen molar-refractivity contribution in [2.75, 3.05) is 39.6 Å². The maximum Gasteiger partial charge on any atom is 0.237 e. The first-order valence-corrected chi connectivity index (χ1v) is 5.00. The summed E-state index contributed by atoms with van der Waals surface area (Å²) in [5.41, 5.74) is 0. The molecule has 0 saturated heterocycles. The van der Waals surface area contributed by atoms with Crippen molar-refractivity contribution in [1.82, 2.24) is 9.80 Å². The number of likely N-dealkylation sites (N-methyl/N-ethyl adjacent to an activating group) is 1. The molecule has 0 unspecified atom stereocenters. The van der Waals surface area contributed by atoms with Crippen molar-refractivity contribution in [3.05, 3.63) is 0 Å². The van der Waals surface area contributed by atoms with Crippen LogP contribution in [0, 0.1) is 11.3 Å². The summed E-state index contributed by atoms with van der Waals surface area (Å²) >= 11 is 5.45. The van der Waals surface area contributed by atoms with Crippen LogP contribution in [-0.2, 0) is 4.79 Å². The van der Waals surface area contributed by atoms with Crippen LogP contribution in [0.2, 0.25) is 0 Å². The number of amides is 1. The van der Waals surface area contributed by atoms with Crippen molar-refractivity contribution in [3.63, 3.8) is 0 Å². The molecule has 0 fully saturated rings. The Kier molecular flexibility index (Phi) is 7.17. The van der Waals surface area contributed by atoms with Crippen LogP contribution >= 0.6 is 11.6 Å². The van der Waals surface area contributed by atoms with Crippen LogP contribution in [0.1, 0.15) is 6.42 Å². The Morgan fingerprint density at radius 1 is 1.36 bits per heavy atom. The van der Waals surface area contributed by atoms with Gasteiger partial charge in [-0.15, -0.1) is 11.6 Å². The number of carbonyl (C=O) groups is 1. The Labute approximate surface area is 90.0 Å². The number of hydrogen-bond acceptors (Lipinski definition) is 3. The van der Waals surface area contributed by atoms with E-state index in [-0.39, 0.29) is 11.8 Å². The highest BCUT2D eigenvalue weighted by Crippen LogP contribution is 1.95. The first kappa shape index (κ1) is 13.2. The molecule has 14 heavy (non-hydrogen) atoms. The van der Waals surface area contributed by atoms with Crippen molar-refractivity contribution in [2.24, 2.45) is 0 Å². The summed E-state index contributed by atoms with van der Waals surface area (Å²) < 4.78 is 0. The quantitative estimate of drug-likeness (QED) is 0.610. The lowest BCUT2D eigenvalue weighted by Gasteiger charge is -2.22. The third-order valence-corrected chi connectivity index (χ3v) is 2.01. The maximum atomic E-state index is 11.3. The highest BCUT2D eigenvalue weighted by atomic mass is 35.5. The standard InChI is InChI=1S/C9H16ClN3O/c1-12(2)6-7-13(5-3-4-11)9(14)8-10/h3,5-8H2,1-2H3. The Morgan fingerprint density at radius 3 is 2.43 bits per heavy atom. The summed E-state index contributed by atoms with van der Waals surface area (Å²) in [4.78, 5) is 14.9. The molecular weight excluding hydrogens is 202 g/mol. The van der Waals surface area contributed by atoms with Crippen LogP contribution in [0.4, 0.5) is 0 Å². The molecule has 0 saturated carbocycles. The monoisotopic (exact) mass is 217 g/mol. The zero-order valence-corrected chi connectivity index (χ0v) is 9.42. The number of rotatable bonds is 6. The minimum Gasteiger partial charge on any atom is -0.339 e. The van der Waals surface area contributed by atoms with Crippen LogP contribution < -0.4 is 0 Å². The molecule has 0 aromatic heterocycles. The average molecular weight is 218 g/mol. The van der Waals surface area contributed by atoms with Gasteiger partial charge < -0.3 is 9.80 Å². The van der Waals surface area contributed by atoms with Gasteiger partial charge in [-0.05, 0) is 14.1 Å². The van der Waals surface area contributed by atoms with Gasteiger partial charge in [0.05, 0.1) is 12.5 Å². The Balaban J connectivity index is 3.98. The molecular formula is C9H16ClN3O. The topological polar surface area (TPSA) is 47.3 Å². The fourth-order valence-electron chi connectivity index (χ4n) is 0.951. The molecule has 0 aromatic rings. The maximum absolute atomic E-state index is 11.3. The lowest BCUT2D eigenvalue weighted by atomic mass is 10.4. The van der Waals surface area contributed by atoms with E-state index in [0.29, 0.717) is 19.5 Å². The molecule has 0 spiro atoms. The molecule has 0 aliphatic rings. The van der Waals surface area contributed by atoms with E-state index in [1.165, 1.54) is 0 Å². The van der Waals surface area contributed by atoms with E-state index in [1.807, 2.05) is 25.1 Å². The van der Waals surface area contributed by atoms with E-state index in [2.05, 4.69) is 0 Å². The molecule has 0 radical (unpaired) electrons. The number of alkyl halides is 1. The predicted molar refractivity (Wildman–Crippen MR) is 56.1 cm³/mol. The molecule has 0 heterocycles. The van der Waals surface area contributed by atoms with Crippen LogP contribution in [0.25, 0.3) is 0 Å². The van der Waals surface area contributed by atoms with Gasteiger partial charge >= 0.3 is 0 Å². The molecule has 0 atom stereocenters. The zero-order valence-electron chi connectivity index (χ0n) is 8.66. The SMILES string of the molecule is CN(C)CCN(CCC#N)C(=O)CCl. The lowest BCUT2D eigenvalue weighted by Crippen LogP contribution is -2.37. The third kappa shape index (κ3) is 5.79. The Hall–Kier alpha value is -0.790. The molecule has 5 heteroatoms. The Morgan fingerprint density at radius 2 is 2.00 bits per heavy atom. The largest absolute Gasteiger partial charge is 0.339 e. The number of halogens is 1. The van der Waals surface area contributed by atoms with E-state index in [0.717, 1.165) is 6.54 Å². The predicted octanol–water partition coefficient (Wildman–Crippen LogP) is 0.529. The van der Waals surface area contributed by atoms with Crippen LogP contribution in [0.5, 0.6) is 0 Å². The summed E-state index contributed by atoms with van der Waals surface area (Å²) in [6, 6.07) is 2.01. The summed E-state index contributed by atoms with van der Waals surface area (Å²) in [7, 11) is 3.88. The van der Waals surface area contributed by atoms with Gasteiger partial charge in [0.1, 0.15) is 5.88 Å². The normalized spacial score (nSPS) is 9.93. The van der Waals surface area contributed by atoms with E-state index in [1.54, 1.807) is 4.90 Å². The first-order valence-electron chi connectivity index (χ1n) is 4.47. The summed E-state index contributed by atoms with van der Waals surface area (Å²) in [5.74, 6) is -0.123. The summed E-state index contributed by atoms with van der Waals surface area (Å²) in [5, 5.41) is 8.42. The second-order valence-electron chi connectivity index (χ2n) is 3.23. The first-order chi connectivity index (χ1) is 6.61. The molecule has 0 bridgehead atoms. The molecule has 0 aliphatic carbocycles. The second kappa shape index (κ2) is 7.60. The molecule has 1 amide bonds. The van der Waals surface area contributed by atoms with Gasteiger partial charge in [-0.3, -0.25) is 4.79 Å². The van der Waals surface area contributed by atoms with E-state index < -0.39 is 0 Å². The van der Waals surface area contributed by atoms with Crippen LogP contribution in [0.3, 0.4) is 0 Å². The Bertz CT molecular complexity index is 213. The van der Waals surface area contributed by atoms with Crippen molar-refractivity contribution in [1.29, 1.82) is 5.26 Å². The lowest BCUT2D eigenvalue weighted by molar-refractivity contribution is -0.128. The fraction of sp³-hybridized carbons (Fsp3) is 0.778. The number of nitriles is 1. The summed E-state index contributed by atoms with van der Waals surface area (Å²) in [6.07, 6.45) is 0.357. The van der Waals surface area contributed by atoms with E-state index in [4.69, 9.17) is 16.9 Å². The third-order valence-electron chi connectivity index (χ3n) is 1.78. The zero-order chi connectivity index (χ0) is 11.0. The van der Waals surface area contributed by atoms with E-state index in [9.17, 15) is 4.79 Å².